The quantitative estimate of drug-likeness (QED) is 0.373. The molecule has 0 bridgehead atoms. The van der Waals surface area contributed by atoms with Gasteiger partial charge in [0.1, 0.15) is 0 Å². The third kappa shape index (κ3) is 11.1. The monoisotopic (exact) mass is 320 g/mol. The molecule has 5 heteroatoms. The van der Waals surface area contributed by atoms with Crippen molar-refractivity contribution in [1.29, 1.82) is 0 Å². The van der Waals surface area contributed by atoms with E-state index in [1.807, 2.05) is 30.3 Å². The summed E-state index contributed by atoms with van der Waals surface area (Å²) >= 11 is 0. The Kier molecular flexibility index (Phi) is 12.3. The second-order valence-electron chi connectivity index (χ2n) is 4.80. The minimum Gasteiger partial charge on any atom is -1.00 e. The Morgan fingerprint density at radius 3 is 2.33 bits per heavy atom. The average molecular weight is 320 g/mol. The maximum Gasteiger partial charge on any atom is 1.00 e. The Hall–Kier alpha value is -0.130. The summed E-state index contributed by atoms with van der Waals surface area (Å²) in [5.74, 6) is 0. The van der Waals surface area contributed by atoms with Crippen LogP contribution in [-0.4, -0.2) is 15.0 Å². The van der Waals surface area contributed by atoms with Gasteiger partial charge >= 0.3 is 29.6 Å². The fourth-order valence-corrected chi connectivity index (χ4v) is 2.58. The number of hydrogen-bond donors (Lipinski definition) is 0. The molecule has 0 aromatic heterocycles. The van der Waals surface area contributed by atoms with Gasteiger partial charge in [0.05, 0.1) is 12.0 Å². The van der Waals surface area contributed by atoms with Gasteiger partial charge in [-0.2, -0.15) is 8.42 Å². The normalized spacial score (nSPS) is 11.5. The summed E-state index contributed by atoms with van der Waals surface area (Å²) in [4.78, 5) is 0. The molecular formula is C16H25NaO3S. The number of unbranched alkanes of at least 4 members (excludes halogenated alkanes) is 5. The number of hydrogen-bond acceptors (Lipinski definition) is 3. The minimum atomic E-state index is -3.56. The summed E-state index contributed by atoms with van der Waals surface area (Å²) in [6.07, 6.45) is 8.21. The first kappa shape index (κ1) is 20.9. The van der Waals surface area contributed by atoms with Gasteiger partial charge in [-0.05, 0) is 18.1 Å². The summed E-state index contributed by atoms with van der Waals surface area (Å²) in [6, 6.07) is 9.31. The Morgan fingerprint density at radius 2 is 1.67 bits per heavy atom. The van der Waals surface area contributed by atoms with Crippen LogP contribution in [0, 0.1) is 0 Å². The molecule has 0 unspecified atom stereocenters. The van der Waals surface area contributed by atoms with Gasteiger partial charge < -0.3 is 1.43 Å². The maximum atomic E-state index is 11.6. The Balaban J connectivity index is 0. The molecule has 0 aliphatic heterocycles. The van der Waals surface area contributed by atoms with E-state index in [0.29, 0.717) is 0 Å². The molecule has 1 rings (SSSR count). The van der Waals surface area contributed by atoms with Crippen LogP contribution in [-0.2, 0) is 14.3 Å². The van der Waals surface area contributed by atoms with E-state index in [-0.39, 0.29) is 37.6 Å². The van der Waals surface area contributed by atoms with Crippen molar-refractivity contribution >= 4 is 16.2 Å². The molecule has 114 valence electrons. The van der Waals surface area contributed by atoms with Crippen molar-refractivity contribution in [3.8, 4) is 0 Å². The van der Waals surface area contributed by atoms with Crippen LogP contribution in [0.25, 0.3) is 6.08 Å². The number of benzene rings is 1. The molecule has 0 spiro atoms. The van der Waals surface area contributed by atoms with Crippen LogP contribution in [0.5, 0.6) is 0 Å². The standard InChI is InChI=1S/C16H24O3S.Na.H/c1-2-3-4-5-6-10-14-19-20(17,18)15-13-16-11-8-7-9-12-16;;/h7-9,11-13,15H,2-6,10,14H2,1H3;;/q;+1;-1. The van der Waals surface area contributed by atoms with E-state index in [1.165, 1.54) is 19.3 Å². The van der Waals surface area contributed by atoms with Gasteiger partial charge in [0, 0.05) is 0 Å². The topological polar surface area (TPSA) is 43.4 Å². The number of rotatable bonds is 10. The molecule has 0 fully saturated rings. The van der Waals surface area contributed by atoms with Crippen LogP contribution in [0.1, 0.15) is 52.4 Å². The van der Waals surface area contributed by atoms with Crippen molar-refractivity contribution in [2.24, 2.45) is 0 Å². The molecule has 0 atom stereocenters. The van der Waals surface area contributed by atoms with Crippen molar-refractivity contribution in [3.63, 3.8) is 0 Å². The van der Waals surface area contributed by atoms with Crippen LogP contribution in [0.3, 0.4) is 0 Å². The van der Waals surface area contributed by atoms with Gasteiger partial charge in [-0.1, -0.05) is 69.4 Å². The molecule has 0 saturated heterocycles. The van der Waals surface area contributed by atoms with Gasteiger partial charge in [-0.3, -0.25) is 4.18 Å². The predicted molar refractivity (Wildman–Crippen MR) is 84.8 cm³/mol. The fourth-order valence-electron chi connectivity index (χ4n) is 1.82. The van der Waals surface area contributed by atoms with E-state index in [1.54, 1.807) is 6.08 Å². The molecule has 21 heavy (non-hydrogen) atoms. The van der Waals surface area contributed by atoms with Crippen molar-refractivity contribution in [2.75, 3.05) is 6.61 Å². The molecule has 0 aliphatic carbocycles. The molecule has 0 radical (unpaired) electrons. The summed E-state index contributed by atoms with van der Waals surface area (Å²) < 4.78 is 28.2. The van der Waals surface area contributed by atoms with E-state index < -0.39 is 10.1 Å². The maximum absolute atomic E-state index is 11.6. The second kappa shape index (κ2) is 12.4. The molecule has 3 nitrogen and oxygen atoms in total. The average Bonchev–Trinajstić information content (AvgIpc) is 2.45. The molecular weight excluding hydrogens is 295 g/mol. The van der Waals surface area contributed by atoms with Crippen molar-refractivity contribution < 1.29 is 43.6 Å². The molecule has 0 saturated carbocycles. The zero-order chi connectivity index (χ0) is 14.7. The Labute approximate surface area is 152 Å². The van der Waals surface area contributed by atoms with Crippen LogP contribution in [0.2, 0.25) is 0 Å². The first-order chi connectivity index (χ1) is 9.64. The van der Waals surface area contributed by atoms with Gasteiger partial charge in [0.15, 0.2) is 0 Å². The van der Waals surface area contributed by atoms with Crippen LogP contribution < -0.4 is 29.6 Å². The SMILES string of the molecule is CCCCCCCCOS(=O)(=O)C=Cc1ccccc1.[H-].[Na+]. The summed E-state index contributed by atoms with van der Waals surface area (Å²) in [5, 5.41) is 1.12. The first-order valence-electron chi connectivity index (χ1n) is 7.26. The van der Waals surface area contributed by atoms with Gasteiger partial charge in [-0.15, -0.1) is 0 Å². The fraction of sp³-hybridized carbons (Fsp3) is 0.500. The third-order valence-electron chi connectivity index (χ3n) is 2.97. The summed E-state index contributed by atoms with van der Waals surface area (Å²) in [5.41, 5.74) is 0.847. The van der Waals surface area contributed by atoms with E-state index in [0.717, 1.165) is 30.2 Å². The molecule has 1 aromatic carbocycles. The van der Waals surface area contributed by atoms with Crippen LogP contribution in [0.15, 0.2) is 35.7 Å². The van der Waals surface area contributed by atoms with Gasteiger partial charge in [0.2, 0.25) is 0 Å². The summed E-state index contributed by atoms with van der Waals surface area (Å²) in [7, 11) is -3.56. The largest absolute Gasteiger partial charge is 1.00 e. The predicted octanol–water partition coefficient (Wildman–Crippen LogP) is 1.48. The minimum absolute atomic E-state index is 0. The third-order valence-corrected chi connectivity index (χ3v) is 3.94. The van der Waals surface area contributed by atoms with E-state index in [4.69, 9.17) is 4.18 Å². The van der Waals surface area contributed by atoms with Crippen LogP contribution in [0.4, 0.5) is 0 Å². The van der Waals surface area contributed by atoms with Gasteiger partial charge in [0.25, 0.3) is 10.1 Å². The van der Waals surface area contributed by atoms with E-state index in [2.05, 4.69) is 6.92 Å². The summed E-state index contributed by atoms with van der Waals surface area (Å²) in [6.45, 7) is 2.45. The Morgan fingerprint density at radius 1 is 1.05 bits per heavy atom. The second-order valence-corrected chi connectivity index (χ2v) is 6.29. The van der Waals surface area contributed by atoms with Crippen molar-refractivity contribution in [2.45, 2.75) is 45.4 Å². The molecule has 0 amide bonds. The van der Waals surface area contributed by atoms with E-state index in [9.17, 15) is 8.42 Å². The zero-order valence-electron chi connectivity index (χ0n) is 14.1. The van der Waals surface area contributed by atoms with Gasteiger partial charge in [-0.25, -0.2) is 0 Å². The van der Waals surface area contributed by atoms with Crippen molar-refractivity contribution in [3.05, 3.63) is 41.3 Å². The molecule has 1 aromatic rings. The Bertz CT molecular complexity index is 489. The van der Waals surface area contributed by atoms with Crippen LogP contribution >= 0.6 is 0 Å². The zero-order valence-corrected chi connectivity index (χ0v) is 15.9. The molecule has 0 heterocycles. The molecule has 0 aliphatic rings. The van der Waals surface area contributed by atoms with E-state index >= 15 is 0 Å². The first-order valence-corrected chi connectivity index (χ1v) is 8.74. The smallest absolute Gasteiger partial charge is 1.00 e. The molecule has 0 N–H and O–H groups in total. The van der Waals surface area contributed by atoms with Crippen molar-refractivity contribution in [1.82, 2.24) is 0 Å².